The highest BCUT2D eigenvalue weighted by atomic mass is 16.5. The van der Waals surface area contributed by atoms with Crippen molar-refractivity contribution in [2.75, 3.05) is 31.3 Å². The summed E-state index contributed by atoms with van der Waals surface area (Å²) in [7, 11) is 1.80. The van der Waals surface area contributed by atoms with Crippen LogP contribution in [0.5, 0.6) is 0 Å². The molecule has 0 unspecified atom stereocenters. The second-order valence-corrected chi connectivity index (χ2v) is 7.39. The van der Waals surface area contributed by atoms with Crippen molar-refractivity contribution >= 4 is 22.9 Å². The van der Waals surface area contributed by atoms with Gasteiger partial charge in [-0.3, -0.25) is 0 Å². The largest absolute Gasteiger partial charge is 0.394 e. The van der Waals surface area contributed by atoms with Crippen LogP contribution in [0.15, 0.2) is 36.8 Å². The number of nitrogens with one attached hydrogen (secondary N) is 1. The molecular formula is C21H28N8O2. The predicted molar refractivity (Wildman–Crippen MR) is 119 cm³/mol. The number of nitrogens with zero attached hydrogens (tertiary/aromatic N) is 6. The number of rotatable bonds is 5. The zero-order valence-corrected chi connectivity index (χ0v) is 17.6. The van der Waals surface area contributed by atoms with Crippen LogP contribution in [-0.2, 0) is 4.74 Å². The Balaban J connectivity index is 0.000000196. The van der Waals surface area contributed by atoms with Gasteiger partial charge in [-0.25, -0.2) is 14.0 Å². The molecule has 4 aromatic rings. The Kier molecular flexibility index (Phi) is 6.58. The number of aliphatic hydroxyl groups excluding tert-OH is 1. The van der Waals surface area contributed by atoms with Gasteiger partial charge in [-0.2, -0.15) is 10.1 Å². The number of anilines is 2. The second-order valence-electron chi connectivity index (χ2n) is 7.39. The van der Waals surface area contributed by atoms with Gasteiger partial charge in [0.1, 0.15) is 5.52 Å². The Hall–Kier alpha value is -3.24. The lowest BCUT2D eigenvalue weighted by Gasteiger charge is -2.21. The third-order valence-corrected chi connectivity index (χ3v) is 5.30. The van der Waals surface area contributed by atoms with Crippen LogP contribution in [0.1, 0.15) is 32.1 Å². The molecule has 4 aromatic heterocycles. The first-order valence-corrected chi connectivity index (χ1v) is 10.6. The van der Waals surface area contributed by atoms with E-state index < -0.39 is 0 Å². The van der Waals surface area contributed by atoms with Crippen LogP contribution in [0, 0.1) is 0 Å². The van der Waals surface area contributed by atoms with E-state index in [1.807, 2.05) is 30.6 Å². The van der Waals surface area contributed by atoms with E-state index in [0.717, 1.165) is 22.4 Å². The first kappa shape index (κ1) is 21.0. The summed E-state index contributed by atoms with van der Waals surface area (Å²) in [6, 6.07) is 5.71. The van der Waals surface area contributed by atoms with E-state index >= 15 is 0 Å². The van der Waals surface area contributed by atoms with Gasteiger partial charge in [0.25, 0.3) is 0 Å². The van der Waals surface area contributed by atoms with Gasteiger partial charge < -0.3 is 20.9 Å². The quantitative estimate of drug-likeness (QED) is 0.446. The minimum absolute atomic E-state index is 0.163. The number of hydrogen-bond acceptors (Lipinski definition) is 8. The summed E-state index contributed by atoms with van der Waals surface area (Å²) in [5.74, 6) is 0.880. The summed E-state index contributed by atoms with van der Waals surface area (Å²) in [6.07, 6.45) is 12.2. The fourth-order valence-corrected chi connectivity index (χ4v) is 3.84. The van der Waals surface area contributed by atoms with Crippen molar-refractivity contribution in [2.24, 2.45) is 0 Å². The lowest BCUT2D eigenvalue weighted by Crippen LogP contribution is -2.18. The molecule has 1 aliphatic rings. The van der Waals surface area contributed by atoms with Crippen LogP contribution in [0.4, 0.5) is 11.8 Å². The Labute approximate surface area is 180 Å². The van der Waals surface area contributed by atoms with Crippen LogP contribution < -0.4 is 11.1 Å². The van der Waals surface area contributed by atoms with Crippen molar-refractivity contribution in [3.63, 3.8) is 0 Å². The summed E-state index contributed by atoms with van der Waals surface area (Å²) >= 11 is 0. The third-order valence-electron chi connectivity index (χ3n) is 5.30. The van der Waals surface area contributed by atoms with Crippen molar-refractivity contribution in [3.05, 3.63) is 36.8 Å². The highest BCUT2D eigenvalue weighted by molar-refractivity contribution is 5.87. The molecule has 5 rings (SSSR count). The molecule has 4 heterocycles. The maximum absolute atomic E-state index is 8.47. The van der Waals surface area contributed by atoms with Crippen LogP contribution in [0.3, 0.4) is 0 Å². The Morgan fingerprint density at radius 1 is 1.13 bits per heavy atom. The molecule has 0 atom stereocenters. The molecule has 10 nitrogen and oxygen atoms in total. The normalized spacial score (nSPS) is 14.5. The molecule has 164 valence electrons. The van der Waals surface area contributed by atoms with Gasteiger partial charge in [0.15, 0.2) is 11.5 Å². The molecule has 4 N–H and O–H groups in total. The van der Waals surface area contributed by atoms with E-state index in [0.29, 0.717) is 18.5 Å². The molecule has 10 heteroatoms. The minimum Gasteiger partial charge on any atom is -0.394 e. The smallest absolute Gasteiger partial charge is 0.240 e. The molecule has 1 saturated carbocycles. The van der Waals surface area contributed by atoms with Crippen molar-refractivity contribution in [1.29, 1.82) is 0 Å². The molecule has 1 aliphatic carbocycles. The molecule has 31 heavy (non-hydrogen) atoms. The fourth-order valence-electron chi connectivity index (χ4n) is 3.84. The highest BCUT2D eigenvalue weighted by Gasteiger charge is 2.14. The first-order valence-electron chi connectivity index (χ1n) is 10.6. The van der Waals surface area contributed by atoms with Gasteiger partial charge >= 0.3 is 0 Å². The van der Waals surface area contributed by atoms with Gasteiger partial charge in [0, 0.05) is 31.1 Å². The van der Waals surface area contributed by atoms with Crippen molar-refractivity contribution in [3.8, 4) is 11.3 Å². The zero-order chi connectivity index (χ0) is 21.6. The standard InChI is InChI=1S/C13H12N8.C8H16O2/c1-15-12-11-8(3-6-21(11)19-13(14)18-12)9-4-7-20-10(17-9)2-5-16-20;9-6-7-10-8-4-2-1-3-5-8/h2-7H,1H3,(H3,14,15,18,19);8-9H,1-7H2. The van der Waals surface area contributed by atoms with Gasteiger partial charge in [-0.15, -0.1) is 5.10 Å². The van der Waals surface area contributed by atoms with Gasteiger partial charge in [0.05, 0.1) is 31.2 Å². The van der Waals surface area contributed by atoms with Gasteiger partial charge in [-0.1, -0.05) is 19.3 Å². The minimum atomic E-state index is 0.163. The highest BCUT2D eigenvalue weighted by Crippen LogP contribution is 2.28. The number of ether oxygens (including phenoxy) is 1. The van der Waals surface area contributed by atoms with E-state index in [2.05, 4.69) is 25.5 Å². The van der Waals surface area contributed by atoms with Crippen LogP contribution in [0.2, 0.25) is 0 Å². The molecule has 0 aromatic carbocycles. The van der Waals surface area contributed by atoms with Crippen molar-refractivity contribution < 1.29 is 9.84 Å². The monoisotopic (exact) mass is 424 g/mol. The average molecular weight is 425 g/mol. The van der Waals surface area contributed by atoms with Gasteiger partial charge in [0.2, 0.25) is 5.95 Å². The Morgan fingerprint density at radius 2 is 1.94 bits per heavy atom. The second kappa shape index (κ2) is 9.71. The lowest BCUT2D eigenvalue weighted by atomic mass is 9.98. The summed E-state index contributed by atoms with van der Waals surface area (Å²) in [5.41, 5.74) is 9.08. The zero-order valence-electron chi connectivity index (χ0n) is 17.6. The number of fused-ring (bicyclic) bond motifs is 2. The third kappa shape index (κ3) is 4.75. The molecule has 0 radical (unpaired) electrons. The average Bonchev–Trinajstić information content (AvgIpc) is 3.44. The Bertz CT molecular complexity index is 1130. The molecule has 0 saturated heterocycles. The van der Waals surface area contributed by atoms with E-state index in [4.69, 9.17) is 15.6 Å². The molecular weight excluding hydrogens is 396 g/mol. The predicted octanol–water partition coefficient (Wildman–Crippen LogP) is 2.39. The van der Waals surface area contributed by atoms with E-state index in [9.17, 15) is 0 Å². The summed E-state index contributed by atoms with van der Waals surface area (Å²) in [6.45, 7) is 0.682. The molecule has 0 aliphatic heterocycles. The summed E-state index contributed by atoms with van der Waals surface area (Å²) in [5, 5.41) is 19.8. The summed E-state index contributed by atoms with van der Waals surface area (Å²) in [4.78, 5) is 8.82. The number of hydrogen-bond donors (Lipinski definition) is 3. The number of aromatic nitrogens is 6. The van der Waals surface area contributed by atoms with Crippen molar-refractivity contribution in [1.82, 2.24) is 29.2 Å². The number of aliphatic hydroxyl groups is 1. The van der Waals surface area contributed by atoms with E-state index in [1.54, 1.807) is 22.3 Å². The van der Waals surface area contributed by atoms with E-state index in [1.165, 1.54) is 32.1 Å². The SMILES string of the molecule is CNc1nc(N)nn2ccc(-c3ccn4nccc4n3)c12.OCCOC1CCCCC1. The van der Waals surface area contributed by atoms with E-state index in [-0.39, 0.29) is 12.6 Å². The Morgan fingerprint density at radius 3 is 2.71 bits per heavy atom. The lowest BCUT2D eigenvalue weighted by molar-refractivity contribution is 0.00882. The summed E-state index contributed by atoms with van der Waals surface area (Å²) < 4.78 is 8.80. The molecule has 0 bridgehead atoms. The number of nitrogen functional groups attached to an aromatic ring is 1. The molecule has 1 fully saturated rings. The molecule has 0 amide bonds. The molecule has 0 spiro atoms. The van der Waals surface area contributed by atoms with Crippen LogP contribution in [0.25, 0.3) is 22.4 Å². The fraction of sp³-hybridized carbons (Fsp3) is 0.429. The van der Waals surface area contributed by atoms with Gasteiger partial charge in [-0.05, 0) is 25.0 Å². The maximum atomic E-state index is 8.47. The van der Waals surface area contributed by atoms with Crippen LogP contribution in [-0.4, -0.2) is 60.7 Å². The van der Waals surface area contributed by atoms with Crippen LogP contribution >= 0.6 is 0 Å². The first-order chi connectivity index (χ1) is 15.2. The van der Waals surface area contributed by atoms with Crippen molar-refractivity contribution in [2.45, 2.75) is 38.2 Å². The maximum Gasteiger partial charge on any atom is 0.240 e. The topological polar surface area (TPSA) is 128 Å². The number of nitrogens with two attached hydrogens (primary N) is 1.